The fourth-order valence-corrected chi connectivity index (χ4v) is 2.73. The number of carbonyl (C=O) groups excluding carboxylic acids is 1. The van der Waals surface area contributed by atoms with Gasteiger partial charge in [-0.2, -0.15) is 5.10 Å². The fourth-order valence-electron chi connectivity index (χ4n) is 2.73. The SMILES string of the molecule is O=C(NCC1CCCNCC1)c1ccc(-c2cn[nH]c2)cn1. The molecule has 1 aliphatic rings. The molecule has 22 heavy (non-hydrogen) atoms. The highest BCUT2D eigenvalue weighted by Gasteiger charge is 2.14. The summed E-state index contributed by atoms with van der Waals surface area (Å²) in [5.74, 6) is 0.458. The summed E-state index contributed by atoms with van der Waals surface area (Å²) in [4.78, 5) is 16.4. The van der Waals surface area contributed by atoms with Crippen LogP contribution in [0.5, 0.6) is 0 Å². The first kappa shape index (κ1) is 14.7. The van der Waals surface area contributed by atoms with E-state index in [1.54, 1.807) is 24.7 Å². The van der Waals surface area contributed by atoms with Crippen molar-refractivity contribution in [2.75, 3.05) is 19.6 Å². The molecule has 116 valence electrons. The van der Waals surface area contributed by atoms with E-state index < -0.39 is 0 Å². The zero-order valence-corrected chi connectivity index (χ0v) is 12.5. The first-order valence-corrected chi connectivity index (χ1v) is 7.77. The molecule has 6 nitrogen and oxygen atoms in total. The van der Waals surface area contributed by atoms with E-state index in [0.29, 0.717) is 11.6 Å². The van der Waals surface area contributed by atoms with E-state index in [2.05, 4.69) is 25.8 Å². The Hall–Kier alpha value is -2.21. The summed E-state index contributed by atoms with van der Waals surface area (Å²) < 4.78 is 0. The number of hydrogen-bond donors (Lipinski definition) is 3. The molecule has 1 atom stereocenters. The van der Waals surface area contributed by atoms with E-state index >= 15 is 0 Å². The molecule has 0 aromatic carbocycles. The van der Waals surface area contributed by atoms with Crippen LogP contribution in [0.4, 0.5) is 0 Å². The molecular weight excluding hydrogens is 278 g/mol. The predicted molar refractivity (Wildman–Crippen MR) is 84.4 cm³/mol. The maximum atomic E-state index is 12.2. The number of amides is 1. The van der Waals surface area contributed by atoms with E-state index in [9.17, 15) is 4.79 Å². The van der Waals surface area contributed by atoms with Gasteiger partial charge in [-0.3, -0.25) is 14.9 Å². The molecule has 1 aliphatic heterocycles. The molecule has 2 aromatic heterocycles. The molecular formula is C16H21N5O. The largest absolute Gasteiger partial charge is 0.350 e. The van der Waals surface area contributed by atoms with Gasteiger partial charge in [-0.05, 0) is 44.3 Å². The van der Waals surface area contributed by atoms with Crippen molar-refractivity contribution in [3.63, 3.8) is 0 Å². The van der Waals surface area contributed by atoms with Crippen molar-refractivity contribution in [3.8, 4) is 11.1 Å². The van der Waals surface area contributed by atoms with Crippen molar-refractivity contribution < 1.29 is 4.79 Å². The second-order valence-corrected chi connectivity index (χ2v) is 5.68. The Morgan fingerprint density at radius 3 is 2.95 bits per heavy atom. The van der Waals surface area contributed by atoms with E-state index in [0.717, 1.165) is 37.2 Å². The summed E-state index contributed by atoms with van der Waals surface area (Å²) >= 11 is 0. The standard InChI is InChI=1S/C16H21N5O/c22-16(19-8-12-2-1-6-17-7-5-12)15-4-3-13(9-18-15)14-10-20-21-11-14/h3-4,9-12,17H,1-2,5-8H2,(H,19,22)(H,20,21). The monoisotopic (exact) mass is 299 g/mol. The van der Waals surface area contributed by atoms with Crippen LogP contribution in [0.25, 0.3) is 11.1 Å². The first-order chi connectivity index (χ1) is 10.8. The summed E-state index contributed by atoms with van der Waals surface area (Å²) in [7, 11) is 0. The number of rotatable bonds is 4. The fraction of sp³-hybridized carbons (Fsp3) is 0.438. The summed E-state index contributed by atoms with van der Waals surface area (Å²) in [6, 6.07) is 3.65. The number of aromatic amines is 1. The van der Waals surface area contributed by atoms with Crippen LogP contribution in [0.15, 0.2) is 30.7 Å². The molecule has 6 heteroatoms. The van der Waals surface area contributed by atoms with Crippen LogP contribution >= 0.6 is 0 Å². The predicted octanol–water partition coefficient (Wildman–Crippen LogP) is 1.59. The zero-order chi connectivity index (χ0) is 15.2. The van der Waals surface area contributed by atoms with Crippen molar-refractivity contribution >= 4 is 5.91 Å². The van der Waals surface area contributed by atoms with Crippen LogP contribution in [0.1, 0.15) is 29.8 Å². The molecule has 3 rings (SSSR count). The lowest BCUT2D eigenvalue weighted by Crippen LogP contribution is -2.30. The first-order valence-electron chi connectivity index (χ1n) is 7.77. The quantitative estimate of drug-likeness (QED) is 0.800. The summed E-state index contributed by atoms with van der Waals surface area (Å²) in [6.07, 6.45) is 8.70. The number of hydrogen-bond acceptors (Lipinski definition) is 4. The smallest absolute Gasteiger partial charge is 0.269 e. The second-order valence-electron chi connectivity index (χ2n) is 5.68. The van der Waals surface area contributed by atoms with Gasteiger partial charge in [-0.25, -0.2) is 0 Å². The van der Waals surface area contributed by atoms with Crippen molar-refractivity contribution in [1.82, 2.24) is 25.8 Å². The van der Waals surface area contributed by atoms with Crippen molar-refractivity contribution in [1.29, 1.82) is 0 Å². The molecule has 3 N–H and O–H groups in total. The highest BCUT2D eigenvalue weighted by atomic mass is 16.1. The number of nitrogens with one attached hydrogen (secondary N) is 3. The normalized spacial score (nSPS) is 18.6. The number of carbonyl (C=O) groups is 1. The van der Waals surface area contributed by atoms with Gasteiger partial charge in [0.05, 0.1) is 6.20 Å². The minimum Gasteiger partial charge on any atom is -0.350 e. The van der Waals surface area contributed by atoms with Crippen molar-refractivity contribution in [3.05, 3.63) is 36.4 Å². The molecule has 1 saturated heterocycles. The van der Waals surface area contributed by atoms with E-state index in [1.807, 2.05) is 6.07 Å². The molecule has 1 unspecified atom stereocenters. The topological polar surface area (TPSA) is 82.7 Å². The van der Waals surface area contributed by atoms with Gasteiger partial charge in [0.1, 0.15) is 5.69 Å². The maximum Gasteiger partial charge on any atom is 0.269 e. The van der Waals surface area contributed by atoms with Gasteiger partial charge >= 0.3 is 0 Å². The Balaban J connectivity index is 1.55. The molecule has 2 aromatic rings. The minimum absolute atomic E-state index is 0.101. The average Bonchev–Trinajstić information content (AvgIpc) is 2.97. The molecule has 0 radical (unpaired) electrons. The lowest BCUT2D eigenvalue weighted by Gasteiger charge is -2.14. The molecule has 1 amide bonds. The van der Waals surface area contributed by atoms with Gasteiger partial charge < -0.3 is 10.6 Å². The lowest BCUT2D eigenvalue weighted by molar-refractivity contribution is 0.0941. The Morgan fingerprint density at radius 1 is 1.23 bits per heavy atom. The summed E-state index contributed by atoms with van der Waals surface area (Å²) in [6.45, 7) is 2.85. The third kappa shape index (κ3) is 3.71. The third-order valence-electron chi connectivity index (χ3n) is 4.07. The number of nitrogens with zero attached hydrogens (tertiary/aromatic N) is 2. The highest BCUT2D eigenvalue weighted by Crippen LogP contribution is 2.16. The van der Waals surface area contributed by atoms with Crippen LogP contribution in [0.2, 0.25) is 0 Å². The van der Waals surface area contributed by atoms with Crippen LogP contribution in [-0.2, 0) is 0 Å². The van der Waals surface area contributed by atoms with Gasteiger partial charge in [0.15, 0.2) is 0 Å². The molecule has 1 fully saturated rings. The van der Waals surface area contributed by atoms with E-state index in [4.69, 9.17) is 0 Å². The second kappa shape index (κ2) is 7.17. The number of aromatic nitrogens is 3. The van der Waals surface area contributed by atoms with Gasteiger partial charge in [-0.15, -0.1) is 0 Å². The summed E-state index contributed by atoms with van der Waals surface area (Å²) in [5.41, 5.74) is 2.37. The number of H-pyrrole nitrogens is 1. The zero-order valence-electron chi connectivity index (χ0n) is 12.5. The van der Waals surface area contributed by atoms with Gasteiger partial charge in [0, 0.05) is 30.1 Å². The summed E-state index contributed by atoms with van der Waals surface area (Å²) in [5, 5.41) is 13.1. The van der Waals surface area contributed by atoms with Gasteiger partial charge in [-0.1, -0.05) is 6.07 Å². The Morgan fingerprint density at radius 2 is 2.18 bits per heavy atom. The highest BCUT2D eigenvalue weighted by molar-refractivity contribution is 5.92. The molecule has 0 spiro atoms. The third-order valence-corrected chi connectivity index (χ3v) is 4.07. The molecule has 0 bridgehead atoms. The maximum absolute atomic E-state index is 12.2. The van der Waals surface area contributed by atoms with Crippen LogP contribution < -0.4 is 10.6 Å². The van der Waals surface area contributed by atoms with E-state index in [1.165, 1.54) is 12.8 Å². The molecule has 0 aliphatic carbocycles. The van der Waals surface area contributed by atoms with Crippen LogP contribution in [0, 0.1) is 5.92 Å². The van der Waals surface area contributed by atoms with Gasteiger partial charge in [0.2, 0.25) is 0 Å². The van der Waals surface area contributed by atoms with Gasteiger partial charge in [0.25, 0.3) is 5.91 Å². The van der Waals surface area contributed by atoms with Crippen LogP contribution in [-0.4, -0.2) is 40.7 Å². The minimum atomic E-state index is -0.101. The average molecular weight is 299 g/mol. The molecule has 3 heterocycles. The van der Waals surface area contributed by atoms with Crippen LogP contribution in [0.3, 0.4) is 0 Å². The Labute approximate surface area is 129 Å². The molecule has 0 saturated carbocycles. The Kier molecular flexibility index (Phi) is 4.80. The lowest BCUT2D eigenvalue weighted by atomic mass is 10.0. The Bertz CT molecular complexity index is 586. The van der Waals surface area contributed by atoms with Crippen molar-refractivity contribution in [2.45, 2.75) is 19.3 Å². The number of pyridine rings is 1. The van der Waals surface area contributed by atoms with E-state index in [-0.39, 0.29) is 5.91 Å². The van der Waals surface area contributed by atoms with Crippen molar-refractivity contribution in [2.24, 2.45) is 5.92 Å².